The van der Waals surface area contributed by atoms with Crippen LogP contribution >= 0.6 is 31.9 Å². The van der Waals surface area contributed by atoms with Gasteiger partial charge in [0.25, 0.3) is 0 Å². The lowest BCUT2D eigenvalue weighted by Gasteiger charge is -2.11. The third-order valence-corrected chi connectivity index (χ3v) is 6.04. The first-order chi connectivity index (χ1) is 13.2. The van der Waals surface area contributed by atoms with Crippen molar-refractivity contribution in [3.63, 3.8) is 0 Å². The van der Waals surface area contributed by atoms with Crippen LogP contribution in [0.4, 0.5) is 0 Å². The number of halogens is 2. The summed E-state index contributed by atoms with van der Waals surface area (Å²) in [7, 11) is 0. The van der Waals surface area contributed by atoms with E-state index in [1.165, 1.54) is 32.9 Å². The van der Waals surface area contributed by atoms with E-state index in [0.717, 1.165) is 14.6 Å². The normalized spacial score (nSPS) is 11.3. The smallest absolute Gasteiger partial charge is 0.0683 e. The summed E-state index contributed by atoms with van der Waals surface area (Å²) in [5, 5.41) is 2.48. The second kappa shape index (κ2) is 6.66. The van der Waals surface area contributed by atoms with Gasteiger partial charge in [0.05, 0.1) is 11.0 Å². The maximum Gasteiger partial charge on any atom is 0.0683 e. The minimum Gasteiger partial charge on any atom is -0.308 e. The number of nitrogens with zero attached hydrogens (tertiary/aromatic N) is 1. The van der Waals surface area contributed by atoms with E-state index in [1.54, 1.807) is 0 Å². The van der Waals surface area contributed by atoms with Gasteiger partial charge in [-0.2, -0.15) is 0 Å². The molecule has 0 amide bonds. The molecule has 5 rings (SSSR count). The molecule has 1 aromatic heterocycles. The fourth-order valence-electron chi connectivity index (χ4n) is 3.72. The SMILES string of the molecule is Brc1ccc2c(c1)c1cccc(Br)c1n2-c1cccc(-c2ccccc2)c1. The van der Waals surface area contributed by atoms with Crippen LogP contribution in [0.5, 0.6) is 0 Å². The van der Waals surface area contributed by atoms with Crippen LogP contribution in [0, 0.1) is 0 Å². The van der Waals surface area contributed by atoms with Gasteiger partial charge in [0.1, 0.15) is 0 Å². The van der Waals surface area contributed by atoms with Crippen molar-refractivity contribution in [1.82, 2.24) is 4.57 Å². The van der Waals surface area contributed by atoms with Gasteiger partial charge in [0.15, 0.2) is 0 Å². The zero-order chi connectivity index (χ0) is 18.4. The lowest BCUT2D eigenvalue weighted by molar-refractivity contribution is 1.18. The average Bonchev–Trinajstić information content (AvgIpc) is 3.04. The molecular weight excluding hydrogens is 462 g/mol. The van der Waals surface area contributed by atoms with Crippen molar-refractivity contribution in [3.05, 3.63) is 99.9 Å². The molecule has 0 N–H and O–H groups in total. The van der Waals surface area contributed by atoms with E-state index in [9.17, 15) is 0 Å². The summed E-state index contributed by atoms with van der Waals surface area (Å²) in [4.78, 5) is 0. The lowest BCUT2D eigenvalue weighted by Crippen LogP contribution is -1.94. The van der Waals surface area contributed by atoms with Crippen LogP contribution in [0.2, 0.25) is 0 Å². The Balaban J connectivity index is 1.85. The highest BCUT2D eigenvalue weighted by Crippen LogP contribution is 2.37. The van der Waals surface area contributed by atoms with Crippen LogP contribution in [0.15, 0.2) is 99.9 Å². The molecule has 1 heterocycles. The molecule has 130 valence electrons. The molecule has 0 spiro atoms. The van der Waals surface area contributed by atoms with Crippen molar-refractivity contribution in [2.75, 3.05) is 0 Å². The van der Waals surface area contributed by atoms with E-state index in [-0.39, 0.29) is 0 Å². The number of fused-ring (bicyclic) bond motifs is 3. The summed E-state index contributed by atoms with van der Waals surface area (Å²) in [5.41, 5.74) is 5.99. The maximum absolute atomic E-state index is 3.77. The average molecular weight is 477 g/mol. The summed E-state index contributed by atoms with van der Waals surface area (Å²) in [5.74, 6) is 0. The molecule has 5 aromatic rings. The zero-order valence-electron chi connectivity index (χ0n) is 14.4. The van der Waals surface area contributed by atoms with Crippen LogP contribution in [0.3, 0.4) is 0 Å². The molecule has 0 saturated carbocycles. The first-order valence-electron chi connectivity index (χ1n) is 8.76. The number of aromatic nitrogens is 1. The van der Waals surface area contributed by atoms with Gasteiger partial charge in [0, 0.05) is 25.4 Å². The summed E-state index contributed by atoms with van der Waals surface area (Å²) in [6.07, 6.45) is 0. The molecule has 3 heteroatoms. The van der Waals surface area contributed by atoms with Crippen molar-refractivity contribution in [1.29, 1.82) is 0 Å². The monoisotopic (exact) mass is 475 g/mol. The molecule has 0 aliphatic rings. The van der Waals surface area contributed by atoms with Gasteiger partial charge >= 0.3 is 0 Å². The molecule has 0 unspecified atom stereocenters. The molecule has 4 aromatic carbocycles. The third kappa shape index (κ3) is 2.82. The van der Waals surface area contributed by atoms with E-state index in [0.29, 0.717) is 0 Å². The summed E-state index contributed by atoms with van der Waals surface area (Å²) in [6.45, 7) is 0. The summed E-state index contributed by atoms with van der Waals surface area (Å²) >= 11 is 7.40. The maximum atomic E-state index is 3.77. The Hall–Kier alpha value is -2.36. The predicted molar refractivity (Wildman–Crippen MR) is 122 cm³/mol. The predicted octanol–water partition coefficient (Wildman–Crippen LogP) is 7.98. The minimum absolute atomic E-state index is 1.09. The highest BCUT2D eigenvalue weighted by Gasteiger charge is 2.15. The van der Waals surface area contributed by atoms with E-state index >= 15 is 0 Å². The van der Waals surface area contributed by atoms with Crippen LogP contribution < -0.4 is 0 Å². The van der Waals surface area contributed by atoms with E-state index in [2.05, 4.69) is 127 Å². The highest BCUT2D eigenvalue weighted by atomic mass is 79.9. The summed E-state index contributed by atoms with van der Waals surface area (Å²) in [6, 6.07) is 32.1. The largest absolute Gasteiger partial charge is 0.308 e. The molecule has 0 aliphatic heterocycles. The molecule has 27 heavy (non-hydrogen) atoms. The zero-order valence-corrected chi connectivity index (χ0v) is 17.5. The minimum atomic E-state index is 1.09. The lowest BCUT2D eigenvalue weighted by atomic mass is 10.1. The van der Waals surface area contributed by atoms with Gasteiger partial charge in [0.2, 0.25) is 0 Å². The van der Waals surface area contributed by atoms with E-state index < -0.39 is 0 Å². The topological polar surface area (TPSA) is 4.93 Å². The van der Waals surface area contributed by atoms with Crippen molar-refractivity contribution < 1.29 is 0 Å². The van der Waals surface area contributed by atoms with Crippen molar-refractivity contribution >= 4 is 53.7 Å². The molecule has 0 radical (unpaired) electrons. The van der Waals surface area contributed by atoms with E-state index in [1.807, 2.05) is 0 Å². The molecule has 0 bridgehead atoms. The Labute approximate surface area is 174 Å². The van der Waals surface area contributed by atoms with Gasteiger partial charge in [-0.05, 0) is 63.5 Å². The van der Waals surface area contributed by atoms with Gasteiger partial charge in [-0.15, -0.1) is 0 Å². The van der Waals surface area contributed by atoms with Crippen LogP contribution in [0.1, 0.15) is 0 Å². The first-order valence-corrected chi connectivity index (χ1v) is 10.3. The Morgan fingerprint density at radius 2 is 1.37 bits per heavy atom. The van der Waals surface area contributed by atoms with Crippen molar-refractivity contribution in [2.24, 2.45) is 0 Å². The third-order valence-electron chi connectivity index (χ3n) is 4.91. The molecule has 0 atom stereocenters. The fraction of sp³-hybridized carbons (Fsp3) is 0. The first kappa shape index (κ1) is 16.8. The Morgan fingerprint density at radius 1 is 0.593 bits per heavy atom. The van der Waals surface area contributed by atoms with Crippen molar-refractivity contribution in [2.45, 2.75) is 0 Å². The molecule has 1 nitrogen and oxygen atoms in total. The van der Waals surface area contributed by atoms with Gasteiger partial charge in [-0.1, -0.05) is 70.5 Å². The van der Waals surface area contributed by atoms with Crippen LogP contribution in [-0.4, -0.2) is 4.57 Å². The number of benzene rings is 4. The number of hydrogen-bond donors (Lipinski definition) is 0. The molecule has 0 fully saturated rings. The van der Waals surface area contributed by atoms with Crippen LogP contribution in [-0.2, 0) is 0 Å². The second-order valence-electron chi connectivity index (χ2n) is 6.55. The number of hydrogen-bond acceptors (Lipinski definition) is 0. The Morgan fingerprint density at radius 3 is 2.22 bits per heavy atom. The highest BCUT2D eigenvalue weighted by molar-refractivity contribution is 9.11. The molecular formula is C24H15Br2N. The van der Waals surface area contributed by atoms with E-state index in [4.69, 9.17) is 0 Å². The van der Waals surface area contributed by atoms with Gasteiger partial charge < -0.3 is 4.57 Å². The molecule has 0 saturated heterocycles. The number of rotatable bonds is 2. The Kier molecular flexibility index (Phi) is 4.14. The van der Waals surface area contributed by atoms with Gasteiger partial charge in [-0.3, -0.25) is 0 Å². The van der Waals surface area contributed by atoms with Crippen LogP contribution in [0.25, 0.3) is 38.6 Å². The van der Waals surface area contributed by atoms with Crippen molar-refractivity contribution in [3.8, 4) is 16.8 Å². The number of para-hydroxylation sites is 1. The molecule has 0 aliphatic carbocycles. The Bertz CT molecular complexity index is 1290. The quantitative estimate of drug-likeness (QED) is 0.243. The standard InChI is InChI=1S/C24H15Br2N/c25-18-12-13-23-21(15-18)20-10-5-11-22(26)24(20)27(23)19-9-4-8-17(14-19)16-6-2-1-3-7-16/h1-15H. The fourth-order valence-corrected chi connectivity index (χ4v) is 4.63. The summed E-state index contributed by atoms with van der Waals surface area (Å²) < 4.78 is 4.53. The van der Waals surface area contributed by atoms with Gasteiger partial charge in [-0.25, -0.2) is 0 Å². The second-order valence-corrected chi connectivity index (χ2v) is 8.32.